The van der Waals surface area contributed by atoms with E-state index in [0.29, 0.717) is 36.7 Å². The summed E-state index contributed by atoms with van der Waals surface area (Å²) in [5.74, 6) is 1.92. The lowest BCUT2D eigenvalue weighted by atomic mass is 10.0. The van der Waals surface area contributed by atoms with Crippen LogP contribution in [0.1, 0.15) is 30.4 Å². The van der Waals surface area contributed by atoms with E-state index in [9.17, 15) is 19.7 Å². The first-order valence-corrected chi connectivity index (χ1v) is 13.8. The molecule has 2 aromatic carbocycles. The number of carbonyl (C=O) groups excluding carboxylic acids is 2. The zero-order valence-corrected chi connectivity index (χ0v) is 22.5. The molecule has 2 atom stereocenters. The summed E-state index contributed by atoms with van der Waals surface area (Å²) in [6.45, 7) is 2.11. The summed E-state index contributed by atoms with van der Waals surface area (Å²) >= 11 is 1.89. The van der Waals surface area contributed by atoms with Crippen molar-refractivity contribution >= 4 is 29.4 Å². The fourth-order valence-corrected chi connectivity index (χ4v) is 6.10. The number of alkyl carbamates (subject to hydrolysis) is 1. The van der Waals surface area contributed by atoms with Crippen molar-refractivity contribution in [3.63, 3.8) is 0 Å². The predicted octanol–water partition coefficient (Wildman–Crippen LogP) is 3.83. The molecular weight excluding hydrogens is 508 g/mol. The van der Waals surface area contributed by atoms with Crippen molar-refractivity contribution in [1.29, 1.82) is 0 Å². The van der Waals surface area contributed by atoms with Gasteiger partial charge in [0.05, 0.1) is 18.1 Å². The molecule has 2 saturated heterocycles. The Morgan fingerprint density at radius 3 is 2.37 bits per heavy atom. The van der Waals surface area contributed by atoms with Gasteiger partial charge in [-0.25, -0.2) is 4.79 Å². The highest BCUT2D eigenvalue weighted by atomic mass is 32.2. The lowest BCUT2D eigenvalue weighted by Gasteiger charge is -2.34. The molecule has 0 saturated carbocycles. The largest absolute Gasteiger partial charge is 0.497 e. The molecule has 11 heteroatoms. The number of non-ortho nitro benzene ring substituents is 1. The van der Waals surface area contributed by atoms with Crippen LogP contribution in [-0.4, -0.2) is 77.8 Å². The molecule has 0 unspecified atom stereocenters. The molecule has 0 radical (unpaired) electrons. The number of benzene rings is 2. The van der Waals surface area contributed by atoms with E-state index in [0.717, 1.165) is 24.5 Å². The van der Waals surface area contributed by atoms with Crippen LogP contribution in [0.4, 0.5) is 10.5 Å². The summed E-state index contributed by atoms with van der Waals surface area (Å²) in [6.07, 6.45) is 1.65. The van der Waals surface area contributed by atoms with Crippen LogP contribution in [-0.2, 0) is 21.9 Å². The highest BCUT2D eigenvalue weighted by molar-refractivity contribution is 7.99. The number of hydrogen-bond donors (Lipinski definition) is 1. The van der Waals surface area contributed by atoms with Gasteiger partial charge in [0.25, 0.3) is 5.69 Å². The van der Waals surface area contributed by atoms with E-state index >= 15 is 0 Å². The van der Waals surface area contributed by atoms with Gasteiger partial charge in [0.1, 0.15) is 12.4 Å². The minimum Gasteiger partial charge on any atom is -0.497 e. The smallest absolute Gasteiger partial charge is 0.407 e. The molecule has 2 aromatic rings. The standard InChI is InChI=1S/C27H34N4O6S/c1-29-16-24(38-18-20-5-9-23(36-2)10-6-20)15-25(29)26(32)30-13-11-21(12-14-30)28-27(33)37-17-19-3-7-22(8-4-19)31(34)35/h3-10,21,24-25H,11-18H2,1-2H3,(H,28,33)/t24-,25-/m0/s1. The molecule has 0 spiro atoms. The van der Waals surface area contributed by atoms with E-state index < -0.39 is 11.0 Å². The maximum absolute atomic E-state index is 13.3. The van der Waals surface area contributed by atoms with Gasteiger partial charge in [0.2, 0.25) is 5.91 Å². The van der Waals surface area contributed by atoms with E-state index in [2.05, 4.69) is 22.3 Å². The molecule has 10 nitrogen and oxygen atoms in total. The van der Waals surface area contributed by atoms with Crippen molar-refractivity contribution in [3.8, 4) is 5.75 Å². The average Bonchev–Trinajstić information content (AvgIpc) is 3.31. The monoisotopic (exact) mass is 542 g/mol. The van der Waals surface area contributed by atoms with Crippen molar-refractivity contribution in [2.75, 3.05) is 33.8 Å². The van der Waals surface area contributed by atoms with Crippen LogP contribution in [0.15, 0.2) is 48.5 Å². The Hall–Kier alpha value is -3.31. The predicted molar refractivity (Wildman–Crippen MR) is 145 cm³/mol. The van der Waals surface area contributed by atoms with Crippen LogP contribution in [0.3, 0.4) is 0 Å². The first-order chi connectivity index (χ1) is 18.3. The minimum absolute atomic E-state index is 0.00820. The maximum Gasteiger partial charge on any atom is 0.407 e. The second-order valence-corrected chi connectivity index (χ2v) is 11.0. The minimum atomic E-state index is -0.527. The number of hydrogen-bond acceptors (Lipinski definition) is 8. The second kappa shape index (κ2) is 13.0. The van der Waals surface area contributed by atoms with Crippen molar-refractivity contribution in [1.82, 2.24) is 15.1 Å². The number of carbonyl (C=O) groups is 2. The van der Waals surface area contributed by atoms with Gasteiger partial charge >= 0.3 is 6.09 Å². The van der Waals surface area contributed by atoms with Crippen molar-refractivity contribution < 1.29 is 24.0 Å². The first kappa shape index (κ1) is 27.7. The van der Waals surface area contributed by atoms with Gasteiger partial charge in [-0.3, -0.25) is 19.8 Å². The van der Waals surface area contributed by atoms with Crippen molar-refractivity contribution in [2.45, 2.75) is 49.0 Å². The molecule has 0 aliphatic carbocycles. The molecule has 2 fully saturated rings. The number of ether oxygens (including phenoxy) is 2. The van der Waals surface area contributed by atoms with Crippen LogP contribution < -0.4 is 10.1 Å². The number of thioether (sulfide) groups is 1. The third-order valence-corrected chi connectivity index (χ3v) is 8.40. The molecule has 38 heavy (non-hydrogen) atoms. The van der Waals surface area contributed by atoms with Gasteiger partial charge < -0.3 is 19.7 Å². The molecule has 1 N–H and O–H groups in total. The molecular formula is C27H34N4O6S. The normalized spacial score (nSPS) is 20.2. The Kier molecular flexibility index (Phi) is 9.46. The number of piperidine rings is 1. The van der Waals surface area contributed by atoms with Gasteiger partial charge in [-0.1, -0.05) is 12.1 Å². The molecule has 2 aliphatic rings. The second-order valence-electron chi connectivity index (χ2n) is 9.72. The molecule has 204 valence electrons. The molecule has 0 bridgehead atoms. The third kappa shape index (κ3) is 7.38. The number of nitro groups is 1. The lowest BCUT2D eigenvalue weighted by molar-refractivity contribution is -0.384. The fourth-order valence-electron chi connectivity index (χ4n) is 4.82. The topological polar surface area (TPSA) is 114 Å². The van der Waals surface area contributed by atoms with E-state index in [1.165, 1.54) is 17.7 Å². The van der Waals surface area contributed by atoms with Gasteiger partial charge in [-0.05, 0) is 61.7 Å². The van der Waals surface area contributed by atoms with Gasteiger partial charge in [0.15, 0.2) is 0 Å². The van der Waals surface area contributed by atoms with E-state index in [-0.39, 0.29) is 30.3 Å². The van der Waals surface area contributed by atoms with Crippen LogP contribution >= 0.6 is 11.8 Å². The summed E-state index contributed by atoms with van der Waals surface area (Å²) in [5, 5.41) is 14.0. The van der Waals surface area contributed by atoms with Crippen LogP contribution in [0.5, 0.6) is 5.75 Å². The molecule has 4 rings (SSSR count). The molecule has 0 aromatic heterocycles. The van der Waals surface area contributed by atoms with Crippen LogP contribution in [0.25, 0.3) is 0 Å². The zero-order chi connectivity index (χ0) is 27.1. The number of nitro benzene ring substituents is 1. The number of nitrogens with one attached hydrogen (secondary N) is 1. The number of likely N-dealkylation sites (N-methyl/N-ethyl adjacent to an activating group) is 1. The quantitative estimate of drug-likeness (QED) is 0.376. The van der Waals surface area contributed by atoms with Crippen LogP contribution in [0.2, 0.25) is 0 Å². The summed E-state index contributed by atoms with van der Waals surface area (Å²) in [7, 11) is 3.68. The third-order valence-electron chi connectivity index (χ3n) is 7.09. The zero-order valence-electron chi connectivity index (χ0n) is 21.7. The van der Waals surface area contributed by atoms with Crippen molar-refractivity contribution in [3.05, 3.63) is 69.8 Å². The Labute approximate surface area is 226 Å². The van der Waals surface area contributed by atoms with Crippen LogP contribution in [0, 0.1) is 10.1 Å². The fraction of sp³-hybridized carbons (Fsp3) is 0.481. The molecule has 2 aliphatic heterocycles. The highest BCUT2D eigenvalue weighted by Gasteiger charge is 2.38. The average molecular weight is 543 g/mol. The SMILES string of the molecule is COc1ccc(CS[C@H]2C[C@@H](C(=O)N3CCC(NC(=O)OCc4ccc([N+](=O)[O-])cc4)CC3)N(C)C2)cc1. The number of nitrogens with zero attached hydrogens (tertiary/aromatic N) is 3. The number of likely N-dealkylation sites (tertiary alicyclic amines) is 2. The van der Waals surface area contributed by atoms with Crippen molar-refractivity contribution in [2.24, 2.45) is 0 Å². The summed E-state index contributed by atoms with van der Waals surface area (Å²) in [5.41, 5.74) is 1.91. The van der Waals surface area contributed by atoms with E-state index in [1.807, 2.05) is 35.8 Å². The number of amides is 2. The summed E-state index contributed by atoms with van der Waals surface area (Å²) in [4.78, 5) is 39.8. The lowest BCUT2D eigenvalue weighted by Crippen LogP contribution is -2.51. The Morgan fingerprint density at radius 2 is 1.74 bits per heavy atom. The van der Waals surface area contributed by atoms with E-state index in [1.54, 1.807) is 19.2 Å². The first-order valence-electron chi connectivity index (χ1n) is 12.7. The Balaban J connectivity index is 1.16. The summed E-state index contributed by atoms with van der Waals surface area (Å²) < 4.78 is 10.5. The van der Waals surface area contributed by atoms with Gasteiger partial charge in [-0.2, -0.15) is 11.8 Å². The highest BCUT2D eigenvalue weighted by Crippen LogP contribution is 2.31. The maximum atomic E-state index is 13.3. The summed E-state index contributed by atoms with van der Waals surface area (Å²) in [6, 6.07) is 13.8. The van der Waals surface area contributed by atoms with Gasteiger partial charge in [0, 0.05) is 48.8 Å². The Bertz CT molecular complexity index is 1110. The molecule has 2 heterocycles. The van der Waals surface area contributed by atoms with E-state index in [4.69, 9.17) is 9.47 Å². The van der Waals surface area contributed by atoms with Gasteiger partial charge in [-0.15, -0.1) is 0 Å². The molecule has 2 amide bonds. The number of methoxy groups -OCH3 is 1. The number of rotatable bonds is 9. The Morgan fingerprint density at radius 1 is 1.08 bits per heavy atom.